The molecule has 0 saturated heterocycles. The molecule has 0 aliphatic carbocycles. The SMILES string of the molecule is CCc1c(C(=O)OCc2c(C#N)c(C)nn2-c2ccccc2)cnc2ncnn12. The van der Waals surface area contributed by atoms with E-state index in [4.69, 9.17) is 4.74 Å². The summed E-state index contributed by atoms with van der Waals surface area (Å²) in [6.45, 7) is 3.56. The number of carbonyl (C=O) groups is 1. The van der Waals surface area contributed by atoms with Crippen LogP contribution in [0, 0.1) is 18.3 Å². The highest BCUT2D eigenvalue weighted by Gasteiger charge is 2.21. The molecule has 9 nitrogen and oxygen atoms in total. The first-order valence-electron chi connectivity index (χ1n) is 9.02. The minimum absolute atomic E-state index is 0.101. The predicted molar refractivity (Wildman–Crippen MR) is 102 cm³/mol. The summed E-state index contributed by atoms with van der Waals surface area (Å²) >= 11 is 0. The minimum atomic E-state index is -0.547. The lowest BCUT2D eigenvalue weighted by atomic mass is 10.2. The maximum atomic E-state index is 12.8. The van der Waals surface area contributed by atoms with Crippen molar-refractivity contribution >= 4 is 11.7 Å². The van der Waals surface area contributed by atoms with Crippen molar-refractivity contribution in [3.63, 3.8) is 0 Å². The molecule has 0 bridgehead atoms. The van der Waals surface area contributed by atoms with Crippen molar-refractivity contribution in [2.45, 2.75) is 26.9 Å². The van der Waals surface area contributed by atoms with Crippen LogP contribution >= 0.6 is 0 Å². The highest BCUT2D eigenvalue weighted by molar-refractivity contribution is 5.90. The van der Waals surface area contributed by atoms with Crippen LogP contribution in [0.2, 0.25) is 0 Å². The fraction of sp³-hybridized carbons (Fsp3) is 0.200. The number of hydrogen-bond donors (Lipinski definition) is 0. The molecule has 0 saturated carbocycles. The lowest BCUT2D eigenvalue weighted by molar-refractivity contribution is 0.0462. The maximum absolute atomic E-state index is 12.8. The molecule has 0 N–H and O–H groups in total. The minimum Gasteiger partial charge on any atom is -0.455 e. The number of esters is 1. The molecule has 3 aromatic heterocycles. The molecule has 4 aromatic rings. The molecule has 0 aliphatic rings. The number of benzene rings is 1. The van der Waals surface area contributed by atoms with Crippen molar-refractivity contribution in [1.82, 2.24) is 29.4 Å². The van der Waals surface area contributed by atoms with Crippen LogP contribution < -0.4 is 0 Å². The third kappa shape index (κ3) is 3.21. The standard InChI is InChI=1S/C20H17N7O2/c1-3-17-16(10-22-20-23-12-24-27(17)20)19(28)29-11-18-15(9-21)13(2)25-26(18)14-7-5-4-6-8-14/h4-8,10,12H,3,11H2,1-2H3. The summed E-state index contributed by atoms with van der Waals surface area (Å²) in [7, 11) is 0. The molecule has 9 heteroatoms. The Balaban J connectivity index is 1.66. The van der Waals surface area contributed by atoms with Gasteiger partial charge in [0.05, 0.1) is 28.3 Å². The summed E-state index contributed by atoms with van der Waals surface area (Å²) in [6, 6.07) is 11.5. The Bertz CT molecular complexity index is 1240. The molecule has 0 amide bonds. The Labute approximate surface area is 166 Å². The second-order valence-corrected chi connectivity index (χ2v) is 6.29. The lowest BCUT2D eigenvalue weighted by Gasteiger charge is -2.11. The number of nitrogens with zero attached hydrogens (tertiary/aromatic N) is 7. The highest BCUT2D eigenvalue weighted by Crippen LogP contribution is 2.20. The van der Waals surface area contributed by atoms with Gasteiger partial charge in [-0.15, -0.1) is 0 Å². The van der Waals surface area contributed by atoms with Gasteiger partial charge in [-0.2, -0.15) is 20.4 Å². The van der Waals surface area contributed by atoms with Crippen molar-refractivity contribution in [1.29, 1.82) is 5.26 Å². The number of hydrogen-bond acceptors (Lipinski definition) is 7. The van der Waals surface area contributed by atoms with Crippen LogP contribution in [0.4, 0.5) is 0 Å². The van der Waals surface area contributed by atoms with Crippen molar-refractivity contribution < 1.29 is 9.53 Å². The van der Waals surface area contributed by atoms with Crippen LogP contribution in [-0.4, -0.2) is 35.3 Å². The molecular formula is C20H17N7O2. The molecule has 0 fully saturated rings. The van der Waals surface area contributed by atoms with Gasteiger partial charge < -0.3 is 4.74 Å². The molecule has 29 heavy (non-hydrogen) atoms. The first-order valence-corrected chi connectivity index (χ1v) is 9.02. The number of rotatable bonds is 5. The summed E-state index contributed by atoms with van der Waals surface area (Å²) < 4.78 is 8.70. The zero-order valence-corrected chi connectivity index (χ0v) is 15.9. The van der Waals surface area contributed by atoms with Crippen LogP contribution in [0.15, 0.2) is 42.9 Å². The van der Waals surface area contributed by atoms with Gasteiger partial charge in [0.15, 0.2) is 0 Å². The van der Waals surface area contributed by atoms with Crippen molar-refractivity contribution in [3.05, 3.63) is 71.1 Å². The molecule has 0 aliphatic heterocycles. The van der Waals surface area contributed by atoms with Crippen LogP contribution in [0.3, 0.4) is 0 Å². The van der Waals surface area contributed by atoms with Gasteiger partial charge >= 0.3 is 5.97 Å². The molecule has 0 unspecified atom stereocenters. The van der Waals surface area contributed by atoms with Gasteiger partial charge in [0.25, 0.3) is 5.78 Å². The number of nitriles is 1. The smallest absolute Gasteiger partial charge is 0.341 e. The van der Waals surface area contributed by atoms with Crippen molar-refractivity contribution in [2.75, 3.05) is 0 Å². The first-order chi connectivity index (χ1) is 14.1. The van der Waals surface area contributed by atoms with Crippen LogP contribution in [0.5, 0.6) is 0 Å². The summed E-state index contributed by atoms with van der Waals surface area (Å²) in [6.07, 6.45) is 3.38. The lowest BCUT2D eigenvalue weighted by Crippen LogP contribution is -2.14. The van der Waals surface area contributed by atoms with E-state index in [1.165, 1.54) is 17.0 Å². The quantitative estimate of drug-likeness (QED) is 0.483. The molecular weight excluding hydrogens is 370 g/mol. The van der Waals surface area contributed by atoms with E-state index in [2.05, 4.69) is 26.2 Å². The third-order valence-electron chi connectivity index (χ3n) is 4.57. The van der Waals surface area contributed by atoms with Crippen molar-refractivity contribution in [2.24, 2.45) is 0 Å². The number of aromatic nitrogens is 6. The van der Waals surface area contributed by atoms with Crippen LogP contribution in [0.1, 0.15) is 39.9 Å². The maximum Gasteiger partial charge on any atom is 0.341 e. The van der Waals surface area contributed by atoms with E-state index in [1.54, 1.807) is 11.6 Å². The van der Waals surface area contributed by atoms with E-state index >= 15 is 0 Å². The van der Waals surface area contributed by atoms with E-state index < -0.39 is 5.97 Å². The number of carbonyl (C=O) groups excluding carboxylic acids is 1. The molecule has 4 rings (SSSR count). The molecule has 1 aromatic carbocycles. The molecule has 0 atom stereocenters. The summed E-state index contributed by atoms with van der Waals surface area (Å²) in [5.41, 5.74) is 3.22. The Morgan fingerprint density at radius 1 is 1.21 bits per heavy atom. The van der Waals surface area contributed by atoms with Crippen molar-refractivity contribution in [3.8, 4) is 11.8 Å². The van der Waals surface area contributed by atoms with Gasteiger partial charge in [0.1, 0.15) is 24.6 Å². The van der Waals surface area contributed by atoms with Gasteiger partial charge in [-0.25, -0.2) is 19.0 Å². The van der Waals surface area contributed by atoms with Gasteiger partial charge in [-0.05, 0) is 25.5 Å². The predicted octanol–water partition coefficient (Wildman–Crippen LogP) is 2.41. The average molecular weight is 387 g/mol. The van der Waals surface area contributed by atoms with Gasteiger partial charge in [-0.3, -0.25) is 0 Å². The van der Waals surface area contributed by atoms with Gasteiger partial charge in [0.2, 0.25) is 0 Å². The Hall–Kier alpha value is -4.06. The number of ether oxygens (including phenoxy) is 1. The third-order valence-corrected chi connectivity index (χ3v) is 4.57. The number of fused-ring (bicyclic) bond motifs is 1. The number of para-hydroxylation sites is 1. The Morgan fingerprint density at radius 2 is 2.00 bits per heavy atom. The summed E-state index contributed by atoms with van der Waals surface area (Å²) in [4.78, 5) is 21.0. The van der Waals surface area contributed by atoms with E-state index in [1.807, 2.05) is 37.3 Å². The largest absolute Gasteiger partial charge is 0.455 e. The van der Waals surface area contributed by atoms with E-state index in [9.17, 15) is 10.1 Å². The Kier molecular flexibility index (Phi) is 4.75. The summed E-state index contributed by atoms with van der Waals surface area (Å²) in [5.74, 6) is -0.128. The number of aryl methyl sites for hydroxylation is 2. The molecule has 0 spiro atoms. The Morgan fingerprint density at radius 3 is 2.72 bits per heavy atom. The zero-order chi connectivity index (χ0) is 20.4. The summed E-state index contributed by atoms with van der Waals surface area (Å²) in [5, 5.41) is 18.1. The monoisotopic (exact) mass is 387 g/mol. The van der Waals surface area contributed by atoms with Gasteiger partial charge in [0, 0.05) is 6.20 Å². The second kappa shape index (κ2) is 7.52. The van der Waals surface area contributed by atoms with Crippen LogP contribution in [-0.2, 0) is 17.8 Å². The van der Waals surface area contributed by atoms with Gasteiger partial charge in [-0.1, -0.05) is 25.1 Å². The fourth-order valence-corrected chi connectivity index (χ4v) is 3.18. The van der Waals surface area contributed by atoms with Crippen LogP contribution in [0.25, 0.3) is 11.5 Å². The zero-order valence-electron chi connectivity index (χ0n) is 15.9. The first kappa shape index (κ1) is 18.3. The fourth-order valence-electron chi connectivity index (χ4n) is 3.18. The second-order valence-electron chi connectivity index (χ2n) is 6.29. The topological polar surface area (TPSA) is 111 Å². The average Bonchev–Trinajstić information content (AvgIpc) is 3.35. The normalized spacial score (nSPS) is 10.8. The molecule has 3 heterocycles. The highest BCUT2D eigenvalue weighted by atomic mass is 16.5. The molecule has 0 radical (unpaired) electrons. The van der Waals surface area contributed by atoms with E-state index in [0.717, 1.165) is 5.69 Å². The molecule has 144 valence electrons. The van der Waals surface area contributed by atoms with E-state index in [0.29, 0.717) is 40.4 Å². The van der Waals surface area contributed by atoms with E-state index in [-0.39, 0.29) is 6.61 Å².